The molecule has 0 aliphatic carbocycles. The lowest BCUT2D eigenvalue weighted by Gasteiger charge is -2.29. The van der Waals surface area contributed by atoms with Crippen LogP contribution in [0.5, 0.6) is 0 Å². The number of hydrogen-bond acceptors (Lipinski definition) is 2. The molecule has 0 aromatic rings. The first-order valence-electron chi connectivity index (χ1n) is 5.77. The average molecular weight is 232 g/mol. The Labute approximate surface area is 95.7 Å². The third kappa shape index (κ3) is 2.45. The summed E-state index contributed by atoms with van der Waals surface area (Å²) >= 11 is 5.86. The maximum Gasteiger partial charge on any atom is 0.228 e. The van der Waals surface area contributed by atoms with Gasteiger partial charge in [-0.3, -0.25) is 4.79 Å². The summed E-state index contributed by atoms with van der Waals surface area (Å²) in [6, 6.07) is 0.265. The van der Waals surface area contributed by atoms with Gasteiger partial charge in [-0.05, 0) is 25.7 Å². The second-order valence-corrected chi connectivity index (χ2v) is 4.70. The van der Waals surface area contributed by atoms with Gasteiger partial charge in [0, 0.05) is 25.1 Å². The van der Waals surface area contributed by atoms with Crippen LogP contribution >= 0.6 is 11.6 Å². The van der Waals surface area contributed by atoms with E-state index in [1.54, 1.807) is 0 Å². The molecular formula is C11H18ClNO2. The van der Waals surface area contributed by atoms with Crippen molar-refractivity contribution in [3.63, 3.8) is 0 Å². The van der Waals surface area contributed by atoms with Gasteiger partial charge in [0.1, 0.15) is 0 Å². The van der Waals surface area contributed by atoms with E-state index in [0.717, 1.165) is 38.8 Å². The van der Waals surface area contributed by atoms with E-state index in [1.807, 2.05) is 4.90 Å². The second kappa shape index (κ2) is 5.17. The molecule has 0 radical (unpaired) electrons. The van der Waals surface area contributed by atoms with E-state index in [-0.39, 0.29) is 17.9 Å². The van der Waals surface area contributed by atoms with Crippen LogP contribution in [-0.4, -0.2) is 42.5 Å². The molecule has 3 nitrogen and oxygen atoms in total. The lowest BCUT2D eigenvalue weighted by Crippen LogP contribution is -2.42. The molecule has 2 saturated heterocycles. The summed E-state index contributed by atoms with van der Waals surface area (Å²) in [7, 11) is 0. The molecule has 15 heavy (non-hydrogen) atoms. The van der Waals surface area contributed by atoms with Crippen molar-refractivity contribution >= 4 is 17.5 Å². The van der Waals surface area contributed by atoms with Crippen molar-refractivity contribution in [3.8, 4) is 0 Å². The van der Waals surface area contributed by atoms with Crippen molar-refractivity contribution in [2.45, 2.75) is 31.7 Å². The highest BCUT2D eigenvalue weighted by Gasteiger charge is 2.33. The first-order chi connectivity index (χ1) is 7.33. The fourth-order valence-corrected chi connectivity index (χ4v) is 2.78. The van der Waals surface area contributed by atoms with Gasteiger partial charge >= 0.3 is 0 Å². The van der Waals surface area contributed by atoms with E-state index in [2.05, 4.69) is 0 Å². The Bertz CT molecular complexity index is 229. The molecule has 2 atom stereocenters. The van der Waals surface area contributed by atoms with Gasteiger partial charge in [0.2, 0.25) is 5.91 Å². The molecule has 0 N–H and O–H groups in total. The predicted molar refractivity (Wildman–Crippen MR) is 59.0 cm³/mol. The summed E-state index contributed by atoms with van der Waals surface area (Å²) in [6.45, 7) is 2.29. The molecule has 2 aliphatic heterocycles. The fourth-order valence-electron chi connectivity index (χ4n) is 2.46. The molecule has 2 rings (SSSR count). The Morgan fingerprint density at radius 1 is 1.40 bits per heavy atom. The van der Waals surface area contributed by atoms with Crippen LogP contribution in [0.1, 0.15) is 25.7 Å². The van der Waals surface area contributed by atoms with Crippen LogP contribution in [0.3, 0.4) is 0 Å². The zero-order valence-electron chi connectivity index (χ0n) is 8.95. The number of likely N-dealkylation sites (tertiary alicyclic amines) is 1. The molecule has 2 fully saturated rings. The molecule has 0 saturated carbocycles. The fraction of sp³-hybridized carbons (Fsp3) is 0.909. The minimum atomic E-state index is 0.0857. The van der Waals surface area contributed by atoms with Crippen molar-refractivity contribution in [3.05, 3.63) is 0 Å². The SMILES string of the molecule is O=C(C1CCCOC1)N1CCCC1CCl. The number of hydrogen-bond donors (Lipinski definition) is 0. The van der Waals surface area contributed by atoms with Crippen LogP contribution in [0.2, 0.25) is 0 Å². The quantitative estimate of drug-likeness (QED) is 0.677. The molecular weight excluding hydrogens is 214 g/mol. The van der Waals surface area contributed by atoms with Gasteiger partial charge in [-0.25, -0.2) is 0 Å². The van der Waals surface area contributed by atoms with E-state index in [4.69, 9.17) is 16.3 Å². The molecule has 2 aliphatic rings. The maximum atomic E-state index is 12.2. The molecule has 0 aromatic carbocycles. The Morgan fingerprint density at radius 2 is 2.27 bits per heavy atom. The van der Waals surface area contributed by atoms with Gasteiger partial charge in [-0.2, -0.15) is 0 Å². The Morgan fingerprint density at radius 3 is 2.93 bits per heavy atom. The summed E-state index contributed by atoms with van der Waals surface area (Å²) in [6.07, 6.45) is 4.14. The number of nitrogens with zero attached hydrogens (tertiary/aromatic N) is 1. The summed E-state index contributed by atoms with van der Waals surface area (Å²) in [5, 5.41) is 0. The van der Waals surface area contributed by atoms with Gasteiger partial charge in [-0.15, -0.1) is 11.6 Å². The number of halogens is 1. The van der Waals surface area contributed by atoms with Gasteiger partial charge in [0.25, 0.3) is 0 Å². The van der Waals surface area contributed by atoms with E-state index >= 15 is 0 Å². The number of amides is 1. The Hall–Kier alpha value is -0.280. The van der Waals surface area contributed by atoms with Gasteiger partial charge in [0.15, 0.2) is 0 Å². The minimum absolute atomic E-state index is 0.0857. The predicted octanol–water partition coefficient (Wildman–Crippen LogP) is 1.64. The number of alkyl halides is 1. The molecule has 0 spiro atoms. The third-order valence-corrected chi connectivity index (χ3v) is 3.70. The molecule has 0 bridgehead atoms. The van der Waals surface area contributed by atoms with Crippen molar-refractivity contribution < 1.29 is 9.53 Å². The molecule has 1 amide bonds. The number of rotatable bonds is 2. The van der Waals surface area contributed by atoms with Gasteiger partial charge < -0.3 is 9.64 Å². The largest absolute Gasteiger partial charge is 0.381 e. The Balaban J connectivity index is 1.93. The first-order valence-corrected chi connectivity index (χ1v) is 6.30. The highest BCUT2D eigenvalue weighted by Crippen LogP contribution is 2.24. The standard InChI is InChI=1S/C11H18ClNO2/c12-7-10-4-1-5-13(10)11(14)9-3-2-6-15-8-9/h9-10H,1-8H2. The normalized spacial score (nSPS) is 31.9. The molecule has 2 heterocycles. The average Bonchev–Trinajstić information content (AvgIpc) is 2.77. The minimum Gasteiger partial charge on any atom is -0.381 e. The van der Waals surface area contributed by atoms with Gasteiger partial charge in [0.05, 0.1) is 12.5 Å². The van der Waals surface area contributed by atoms with E-state index < -0.39 is 0 Å². The Kier molecular flexibility index (Phi) is 3.87. The summed E-state index contributed by atoms with van der Waals surface area (Å²) in [5.74, 6) is 0.916. The van der Waals surface area contributed by atoms with Crippen LogP contribution in [-0.2, 0) is 9.53 Å². The second-order valence-electron chi connectivity index (χ2n) is 4.40. The zero-order chi connectivity index (χ0) is 10.7. The topological polar surface area (TPSA) is 29.5 Å². The van der Waals surface area contributed by atoms with Crippen LogP contribution in [0.4, 0.5) is 0 Å². The molecule has 86 valence electrons. The lowest BCUT2D eigenvalue weighted by molar-refractivity contribution is -0.140. The number of ether oxygens (including phenoxy) is 1. The molecule has 0 aromatic heterocycles. The zero-order valence-corrected chi connectivity index (χ0v) is 9.71. The summed E-state index contributed by atoms with van der Waals surface area (Å²) in [4.78, 5) is 14.1. The number of carbonyl (C=O) groups is 1. The van der Waals surface area contributed by atoms with Crippen molar-refractivity contribution in [2.24, 2.45) is 5.92 Å². The highest BCUT2D eigenvalue weighted by atomic mass is 35.5. The molecule has 4 heteroatoms. The van der Waals surface area contributed by atoms with Crippen molar-refractivity contribution in [2.75, 3.05) is 25.6 Å². The smallest absolute Gasteiger partial charge is 0.228 e. The van der Waals surface area contributed by atoms with E-state index in [0.29, 0.717) is 12.5 Å². The monoisotopic (exact) mass is 231 g/mol. The van der Waals surface area contributed by atoms with Crippen LogP contribution in [0.15, 0.2) is 0 Å². The van der Waals surface area contributed by atoms with Crippen LogP contribution in [0, 0.1) is 5.92 Å². The van der Waals surface area contributed by atoms with E-state index in [9.17, 15) is 4.79 Å². The highest BCUT2D eigenvalue weighted by molar-refractivity contribution is 6.18. The number of carbonyl (C=O) groups excluding carboxylic acids is 1. The molecule has 2 unspecified atom stereocenters. The van der Waals surface area contributed by atoms with Crippen LogP contribution < -0.4 is 0 Å². The van der Waals surface area contributed by atoms with E-state index in [1.165, 1.54) is 0 Å². The first kappa shape index (κ1) is 11.2. The summed E-state index contributed by atoms with van der Waals surface area (Å²) in [5.41, 5.74) is 0. The third-order valence-electron chi connectivity index (χ3n) is 3.35. The van der Waals surface area contributed by atoms with Crippen molar-refractivity contribution in [1.29, 1.82) is 0 Å². The summed E-state index contributed by atoms with van der Waals surface area (Å²) < 4.78 is 5.35. The lowest BCUT2D eigenvalue weighted by atomic mass is 10.0. The maximum absolute atomic E-state index is 12.2. The van der Waals surface area contributed by atoms with Crippen molar-refractivity contribution in [1.82, 2.24) is 4.90 Å². The van der Waals surface area contributed by atoms with Gasteiger partial charge in [-0.1, -0.05) is 0 Å². The van der Waals surface area contributed by atoms with Crippen LogP contribution in [0.25, 0.3) is 0 Å².